The molecule has 1 N–H and O–H groups in total. The lowest BCUT2D eigenvalue weighted by atomic mass is 10.0. The third kappa shape index (κ3) is 3.57. The lowest BCUT2D eigenvalue weighted by Crippen LogP contribution is -2.28. The number of amides is 1. The van der Waals surface area contributed by atoms with Gasteiger partial charge in [0.15, 0.2) is 0 Å². The summed E-state index contributed by atoms with van der Waals surface area (Å²) in [7, 11) is 0. The summed E-state index contributed by atoms with van der Waals surface area (Å²) in [5, 5.41) is 2.07. The minimum atomic E-state index is -3.93. The summed E-state index contributed by atoms with van der Waals surface area (Å²) in [6.45, 7) is -16.6. The molecule has 1 aliphatic rings. The minimum absolute atomic E-state index is 0.289. The zero-order valence-electron chi connectivity index (χ0n) is 28.8. The average Bonchev–Trinajstić information content (AvgIpc) is 2.95. The minimum Gasteiger partial charge on any atom is -0.326 e. The predicted molar refractivity (Wildman–Crippen MR) is 79.5 cm³/mol. The molecule has 1 aromatic rings. The zero-order chi connectivity index (χ0) is 30.2. The molecule has 1 aromatic carbocycles. The quantitative estimate of drug-likeness (QED) is 0.832. The number of carbonyl (C=O) groups excluding carboxylic acids is 1. The Bertz CT molecular complexity index is 1080. The van der Waals surface area contributed by atoms with Crippen molar-refractivity contribution in [1.82, 2.24) is 4.90 Å². The van der Waals surface area contributed by atoms with Gasteiger partial charge in [-0.15, -0.1) is 0 Å². The Balaban J connectivity index is 2.80. The van der Waals surface area contributed by atoms with Gasteiger partial charge in [-0.25, -0.2) is 0 Å². The SMILES string of the molecule is [2H]c1c([2H])c(CCN(C([2H])([2H])C([2H])([2H])C([2H])([2H])[2H])C([2H])([2H])C([2H])([2H])C([2H])([2H])[2H])c2c(c1[2H])NC(=O)C2([2H])[2H]. The number of benzene rings is 1. The topological polar surface area (TPSA) is 32.3 Å². The molecule has 0 saturated heterocycles. The summed E-state index contributed by atoms with van der Waals surface area (Å²) >= 11 is 0. The number of nitrogens with one attached hydrogen (secondary N) is 1. The molecule has 104 valence electrons. The number of hydrogen-bond acceptors (Lipinski definition) is 2. The van der Waals surface area contributed by atoms with Crippen molar-refractivity contribution in [2.24, 2.45) is 0 Å². The van der Waals surface area contributed by atoms with E-state index in [2.05, 4.69) is 5.32 Å². The second-order valence-corrected chi connectivity index (χ2v) is 3.56. The highest BCUT2D eigenvalue weighted by Crippen LogP contribution is 2.26. The molecule has 0 spiro atoms. The Kier molecular flexibility index (Phi) is 1.22. The maximum atomic E-state index is 12.2. The van der Waals surface area contributed by atoms with Gasteiger partial charge in [0.25, 0.3) is 0 Å². The van der Waals surface area contributed by atoms with Gasteiger partial charge in [-0.2, -0.15) is 0 Å². The van der Waals surface area contributed by atoms with E-state index in [0.29, 0.717) is 0 Å². The summed E-state index contributed by atoms with van der Waals surface area (Å²) in [4.78, 5) is 11.9. The highest BCUT2D eigenvalue weighted by Gasteiger charge is 2.20. The van der Waals surface area contributed by atoms with Gasteiger partial charge in [0.2, 0.25) is 5.91 Å². The van der Waals surface area contributed by atoms with Crippen molar-refractivity contribution in [3.63, 3.8) is 0 Å². The van der Waals surface area contributed by atoms with E-state index in [1.54, 1.807) is 0 Å². The fourth-order valence-electron chi connectivity index (χ4n) is 1.62. The van der Waals surface area contributed by atoms with Crippen LogP contribution in [0.3, 0.4) is 0 Å². The second-order valence-electron chi connectivity index (χ2n) is 3.56. The molecule has 0 saturated carbocycles. The molecule has 0 bridgehead atoms. The molecule has 2 rings (SSSR count). The molecule has 0 atom stereocenters. The number of anilines is 1. The van der Waals surface area contributed by atoms with Gasteiger partial charge in [-0.05, 0) is 49.3 Å². The number of carbonyl (C=O) groups is 1. The molecule has 0 unspecified atom stereocenters. The number of nitrogens with zero attached hydrogens (tertiary/aromatic N) is 1. The van der Waals surface area contributed by atoms with Crippen molar-refractivity contribution in [3.8, 4) is 0 Å². The first-order valence-corrected chi connectivity index (χ1v) is 5.32. The molecular formula is C16H24N2O. The molecule has 0 radical (unpaired) electrons. The highest BCUT2D eigenvalue weighted by atomic mass is 16.1. The smallest absolute Gasteiger partial charge is 0.228 e. The average molecular weight is 279 g/mol. The molecule has 0 fully saturated rings. The fourth-order valence-corrected chi connectivity index (χ4v) is 1.62. The van der Waals surface area contributed by atoms with Crippen molar-refractivity contribution in [3.05, 3.63) is 29.3 Å². The summed E-state index contributed by atoms with van der Waals surface area (Å²) in [5.74, 6) is -1.26. The van der Waals surface area contributed by atoms with E-state index in [1.165, 1.54) is 0 Å². The largest absolute Gasteiger partial charge is 0.326 e. The van der Waals surface area contributed by atoms with Gasteiger partial charge < -0.3 is 10.2 Å². The van der Waals surface area contributed by atoms with Crippen molar-refractivity contribution in [1.29, 1.82) is 0 Å². The maximum Gasteiger partial charge on any atom is 0.228 e. The van der Waals surface area contributed by atoms with Crippen LogP contribution >= 0.6 is 0 Å². The van der Waals surface area contributed by atoms with Crippen molar-refractivity contribution in [2.45, 2.75) is 39.2 Å². The fraction of sp³-hybridized carbons (Fsp3) is 0.562. The normalized spacial score (nSPS) is 35.4. The van der Waals surface area contributed by atoms with Crippen LogP contribution in [0.15, 0.2) is 18.1 Å². The molecule has 3 nitrogen and oxygen atoms in total. The van der Waals surface area contributed by atoms with Crippen molar-refractivity contribution < 1.29 is 30.8 Å². The molecule has 0 aliphatic carbocycles. The van der Waals surface area contributed by atoms with Crippen LogP contribution in [-0.4, -0.2) is 30.3 Å². The number of rotatable bonds is 7. The van der Waals surface area contributed by atoms with Gasteiger partial charge in [-0.1, -0.05) is 25.8 Å². The van der Waals surface area contributed by atoms with Gasteiger partial charge >= 0.3 is 0 Å². The maximum absolute atomic E-state index is 12.2. The van der Waals surface area contributed by atoms with Crippen molar-refractivity contribution >= 4 is 11.6 Å². The van der Waals surface area contributed by atoms with Crippen LogP contribution in [0.25, 0.3) is 0 Å². The van der Waals surface area contributed by atoms with E-state index < -0.39 is 99.6 Å². The van der Waals surface area contributed by atoms with Crippen LogP contribution in [-0.2, 0) is 17.6 Å². The molecule has 3 heteroatoms. The Morgan fingerprint density at radius 3 is 3.00 bits per heavy atom. The van der Waals surface area contributed by atoms with Crippen LogP contribution in [0.2, 0.25) is 0 Å². The van der Waals surface area contributed by atoms with Gasteiger partial charge in [-0.3, -0.25) is 4.79 Å². The summed E-state index contributed by atoms with van der Waals surface area (Å²) < 4.78 is 149. The predicted octanol–water partition coefficient (Wildman–Crippen LogP) is 2.85. The van der Waals surface area contributed by atoms with Crippen LogP contribution in [0.4, 0.5) is 5.69 Å². The van der Waals surface area contributed by atoms with E-state index in [0.717, 1.165) is 0 Å². The molecule has 0 aromatic heterocycles. The molecule has 1 aliphatic heterocycles. The first-order chi connectivity index (χ1) is 16.6. The molecule has 1 amide bonds. The Morgan fingerprint density at radius 1 is 1.47 bits per heavy atom. The Labute approximate surface area is 142 Å². The van der Waals surface area contributed by atoms with Gasteiger partial charge in [0.05, 0.1) is 10.5 Å². The zero-order valence-corrected chi connectivity index (χ0v) is 9.77. The first kappa shape index (κ1) is 3.45. The molecular weight excluding hydrogens is 236 g/mol. The Morgan fingerprint density at radius 2 is 2.26 bits per heavy atom. The second kappa shape index (κ2) is 6.71. The lowest BCUT2D eigenvalue weighted by molar-refractivity contribution is -0.115. The molecule has 1 heterocycles. The first-order valence-electron chi connectivity index (χ1n) is 14.8. The number of fused-ring (bicyclic) bond motifs is 1. The van der Waals surface area contributed by atoms with Crippen LogP contribution in [0.1, 0.15) is 63.6 Å². The standard InChI is InChI=1S/C16H24N2O/c1-3-9-18(10-4-2)11-8-13-6-5-7-15-14(13)12-16(19)17-15/h5-7H,3-4,8-12H2,1-2H3,(H,17,19)/i1D3,2D3,3D2,4D2,5D,6D,7D,9D2,10D2,12D2. The summed E-state index contributed by atoms with van der Waals surface area (Å²) in [6, 6.07) is -2.35. The van der Waals surface area contributed by atoms with Gasteiger partial charge in [0.1, 0.15) is 0 Å². The van der Waals surface area contributed by atoms with E-state index >= 15 is 0 Å². The third-order valence-electron chi connectivity index (χ3n) is 2.40. The Hall–Kier alpha value is -1.35. The summed E-state index contributed by atoms with van der Waals surface area (Å²) in [6.07, 6.45) is -11.6. The van der Waals surface area contributed by atoms with E-state index in [-0.39, 0.29) is 4.90 Å². The highest BCUT2D eigenvalue weighted by molar-refractivity contribution is 5.99. The molecule has 19 heavy (non-hydrogen) atoms. The van der Waals surface area contributed by atoms with Crippen LogP contribution in [0, 0.1) is 0 Å². The monoisotopic (exact) mass is 279 g/mol. The van der Waals surface area contributed by atoms with Crippen LogP contribution < -0.4 is 5.32 Å². The van der Waals surface area contributed by atoms with Crippen LogP contribution in [0.5, 0.6) is 0 Å². The van der Waals surface area contributed by atoms with E-state index in [9.17, 15) is 4.79 Å². The summed E-state index contributed by atoms with van der Waals surface area (Å²) in [5.41, 5.74) is -1.61. The lowest BCUT2D eigenvalue weighted by Gasteiger charge is -2.21. The van der Waals surface area contributed by atoms with E-state index in [1.807, 2.05) is 0 Å². The van der Waals surface area contributed by atoms with E-state index in [4.69, 9.17) is 26.0 Å². The number of hydrogen-bond donors (Lipinski definition) is 1. The van der Waals surface area contributed by atoms with Gasteiger partial charge in [0, 0.05) is 34.2 Å². The third-order valence-corrected chi connectivity index (χ3v) is 2.40. The van der Waals surface area contributed by atoms with Crippen molar-refractivity contribution in [2.75, 3.05) is 24.9 Å².